The Hall–Kier alpha value is -2.50. The zero-order valence-corrected chi connectivity index (χ0v) is 17.4. The van der Waals surface area contributed by atoms with Crippen LogP contribution in [0.15, 0.2) is 59.0 Å². The summed E-state index contributed by atoms with van der Waals surface area (Å²) >= 11 is 0. The molecule has 2 heterocycles. The van der Waals surface area contributed by atoms with Crippen molar-refractivity contribution in [3.63, 3.8) is 0 Å². The molecule has 0 saturated carbocycles. The van der Waals surface area contributed by atoms with Crippen molar-refractivity contribution in [2.45, 2.75) is 32.4 Å². The van der Waals surface area contributed by atoms with E-state index in [0.29, 0.717) is 24.0 Å². The maximum Gasteiger partial charge on any atom is 0.289 e. The van der Waals surface area contributed by atoms with Crippen LogP contribution >= 0.6 is 12.4 Å². The van der Waals surface area contributed by atoms with Gasteiger partial charge in [-0.15, -0.1) is 12.4 Å². The van der Waals surface area contributed by atoms with Gasteiger partial charge in [0.15, 0.2) is 5.76 Å². The number of halogens is 1. The fourth-order valence-corrected chi connectivity index (χ4v) is 3.87. The van der Waals surface area contributed by atoms with E-state index in [-0.39, 0.29) is 31.0 Å². The number of rotatable bonds is 5. The predicted octanol–water partition coefficient (Wildman–Crippen LogP) is 4.63. The molecule has 1 aromatic heterocycles. The number of ether oxygens (including phenoxy) is 1. The highest BCUT2D eigenvalue weighted by atomic mass is 35.5. The third kappa shape index (κ3) is 4.74. The van der Waals surface area contributed by atoms with E-state index in [2.05, 4.69) is 19.1 Å². The van der Waals surface area contributed by atoms with Gasteiger partial charge in [-0.3, -0.25) is 4.79 Å². The molecule has 0 bridgehead atoms. The van der Waals surface area contributed by atoms with Crippen LogP contribution < -0.4 is 10.5 Å². The number of fused-ring (bicyclic) bond motifs is 1. The number of likely N-dealkylation sites (tertiary alicyclic amines) is 1. The molecular weight excluding hydrogens is 388 g/mol. The van der Waals surface area contributed by atoms with Crippen LogP contribution in [0.2, 0.25) is 0 Å². The fraction of sp³-hybridized carbons (Fsp3) is 0.348. The maximum atomic E-state index is 12.8. The molecule has 29 heavy (non-hydrogen) atoms. The molecule has 3 aromatic rings. The molecule has 4 rings (SSSR count). The van der Waals surface area contributed by atoms with Gasteiger partial charge in [0, 0.05) is 19.1 Å². The quantitative estimate of drug-likeness (QED) is 0.660. The Morgan fingerprint density at radius 3 is 2.76 bits per heavy atom. The van der Waals surface area contributed by atoms with E-state index in [9.17, 15) is 4.79 Å². The molecular formula is C23H27ClN2O3. The van der Waals surface area contributed by atoms with Gasteiger partial charge in [-0.25, -0.2) is 0 Å². The van der Waals surface area contributed by atoms with Gasteiger partial charge in [0.2, 0.25) is 0 Å². The average Bonchev–Trinajstić information content (AvgIpc) is 3.20. The summed E-state index contributed by atoms with van der Waals surface area (Å²) < 4.78 is 11.6. The van der Waals surface area contributed by atoms with Gasteiger partial charge < -0.3 is 19.8 Å². The summed E-state index contributed by atoms with van der Waals surface area (Å²) in [7, 11) is 0. The second kappa shape index (κ2) is 9.33. The van der Waals surface area contributed by atoms with Gasteiger partial charge in [-0.2, -0.15) is 0 Å². The third-order valence-electron chi connectivity index (χ3n) is 5.49. The van der Waals surface area contributed by atoms with Crippen molar-refractivity contribution in [1.29, 1.82) is 0 Å². The van der Waals surface area contributed by atoms with Crippen LogP contribution in [0.3, 0.4) is 0 Å². The van der Waals surface area contributed by atoms with E-state index in [0.717, 1.165) is 30.5 Å². The number of hydrogen-bond acceptors (Lipinski definition) is 4. The Labute approximate surface area is 177 Å². The molecule has 2 aromatic carbocycles. The van der Waals surface area contributed by atoms with Crippen molar-refractivity contribution in [3.05, 3.63) is 66.1 Å². The molecule has 1 aliphatic rings. The lowest BCUT2D eigenvalue weighted by Gasteiger charge is -2.37. The van der Waals surface area contributed by atoms with E-state index in [1.54, 1.807) is 12.1 Å². The topological polar surface area (TPSA) is 68.7 Å². The highest BCUT2D eigenvalue weighted by Gasteiger charge is 2.31. The van der Waals surface area contributed by atoms with E-state index >= 15 is 0 Å². The zero-order valence-electron chi connectivity index (χ0n) is 16.5. The molecule has 1 aliphatic heterocycles. The first-order chi connectivity index (χ1) is 13.6. The van der Waals surface area contributed by atoms with Crippen LogP contribution in [-0.4, -0.2) is 29.9 Å². The number of piperidine rings is 1. The Bertz CT molecular complexity index is 971. The average molecular weight is 415 g/mol. The molecule has 0 aliphatic carbocycles. The summed E-state index contributed by atoms with van der Waals surface area (Å²) in [4.78, 5) is 14.7. The zero-order chi connectivity index (χ0) is 19.5. The molecule has 0 radical (unpaired) electrons. The number of carbonyl (C=O) groups is 1. The van der Waals surface area contributed by atoms with Crippen LogP contribution in [-0.2, 0) is 6.61 Å². The first-order valence-corrected chi connectivity index (χ1v) is 9.85. The summed E-state index contributed by atoms with van der Waals surface area (Å²) in [5.41, 5.74) is 5.88. The van der Waals surface area contributed by atoms with E-state index in [1.807, 2.05) is 35.2 Å². The summed E-state index contributed by atoms with van der Waals surface area (Å²) in [5, 5.41) is 2.30. The monoisotopic (exact) mass is 414 g/mol. The first kappa shape index (κ1) is 21.2. The van der Waals surface area contributed by atoms with Gasteiger partial charge in [0.1, 0.15) is 18.1 Å². The number of nitrogens with two attached hydrogens (primary N) is 1. The van der Waals surface area contributed by atoms with Crippen LogP contribution in [0.25, 0.3) is 10.8 Å². The molecule has 6 heteroatoms. The van der Waals surface area contributed by atoms with Gasteiger partial charge in [0.25, 0.3) is 5.91 Å². The van der Waals surface area contributed by atoms with E-state index < -0.39 is 0 Å². The van der Waals surface area contributed by atoms with E-state index in [4.69, 9.17) is 14.9 Å². The molecule has 2 N–H and O–H groups in total. The molecule has 1 amide bonds. The van der Waals surface area contributed by atoms with Gasteiger partial charge in [-0.05, 0) is 53.8 Å². The summed E-state index contributed by atoms with van der Waals surface area (Å²) in [6, 6.07) is 17.7. The summed E-state index contributed by atoms with van der Waals surface area (Å²) in [5.74, 6) is 2.27. The Kier molecular flexibility index (Phi) is 6.83. The van der Waals surface area contributed by atoms with Crippen molar-refractivity contribution in [1.82, 2.24) is 4.90 Å². The van der Waals surface area contributed by atoms with Crippen molar-refractivity contribution in [2.24, 2.45) is 11.7 Å². The first-order valence-electron chi connectivity index (χ1n) is 9.85. The number of benzene rings is 2. The number of carbonyl (C=O) groups excluding carboxylic acids is 1. The number of amides is 1. The van der Waals surface area contributed by atoms with Crippen molar-refractivity contribution in [2.75, 3.05) is 13.1 Å². The molecule has 2 unspecified atom stereocenters. The minimum absolute atomic E-state index is 0. The largest absolute Gasteiger partial charge is 0.486 e. The summed E-state index contributed by atoms with van der Waals surface area (Å²) in [6.45, 7) is 3.70. The molecule has 0 spiro atoms. The third-order valence-corrected chi connectivity index (χ3v) is 5.49. The number of hydrogen-bond donors (Lipinski definition) is 1. The standard InChI is InChI=1S/C23H26N2O3.ClH/c1-16-10-11-25(19(12-16)14-24)23(26)22-9-8-21(28-22)15-27-20-7-6-17-4-2-3-5-18(17)13-20;/h2-9,13,16,19H,10-12,14-15,24H2,1H3;1H. The second-order valence-corrected chi connectivity index (χ2v) is 7.58. The van der Waals surface area contributed by atoms with Crippen LogP contribution in [0.5, 0.6) is 5.75 Å². The van der Waals surface area contributed by atoms with E-state index in [1.165, 1.54) is 5.39 Å². The fourth-order valence-electron chi connectivity index (χ4n) is 3.87. The lowest BCUT2D eigenvalue weighted by Crippen LogP contribution is -2.49. The Balaban J connectivity index is 0.00000240. The number of nitrogens with zero attached hydrogens (tertiary/aromatic N) is 1. The molecule has 154 valence electrons. The SMILES string of the molecule is CC1CCN(C(=O)c2ccc(COc3ccc4ccccc4c3)o2)C(CN)C1.Cl. The van der Waals surface area contributed by atoms with Crippen molar-refractivity contribution in [3.8, 4) is 5.75 Å². The maximum absolute atomic E-state index is 12.8. The Morgan fingerprint density at radius 1 is 1.17 bits per heavy atom. The Morgan fingerprint density at radius 2 is 1.97 bits per heavy atom. The predicted molar refractivity (Wildman–Crippen MR) is 117 cm³/mol. The smallest absolute Gasteiger partial charge is 0.289 e. The van der Waals surface area contributed by atoms with Crippen LogP contribution in [0.4, 0.5) is 0 Å². The second-order valence-electron chi connectivity index (χ2n) is 7.58. The minimum atomic E-state index is -0.0840. The number of furan rings is 1. The highest BCUT2D eigenvalue weighted by Crippen LogP contribution is 2.25. The van der Waals surface area contributed by atoms with Gasteiger partial charge in [-0.1, -0.05) is 37.3 Å². The highest BCUT2D eigenvalue weighted by molar-refractivity contribution is 5.92. The molecule has 5 nitrogen and oxygen atoms in total. The lowest BCUT2D eigenvalue weighted by molar-refractivity contribution is 0.0538. The molecule has 1 fully saturated rings. The van der Waals surface area contributed by atoms with Crippen LogP contribution in [0.1, 0.15) is 36.1 Å². The van der Waals surface area contributed by atoms with Gasteiger partial charge >= 0.3 is 0 Å². The van der Waals surface area contributed by atoms with Crippen molar-refractivity contribution < 1.29 is 13.9 Å². The minimum Gasteiger partial charge on any atom is -0.486 e. The van der Waals surface area contributed by atoms with Crippen LogP contribution in [0, 0.1) is 5.92 Å². The molecule has 2 atom stereocenters. The molecule has 1 saturated heterocycles. The normalized spacial score (nSPS) is 19.0. The van der Waals surface area contributed by atoms with Gasteiger partial charge in [0.05, 0.1) is 0 Å². The van der Waals surface area contributed by atoms with Crippen molar-refractivity contribution >= 4 is 29.1 Å². The summed E-state index contributed by atoms with van der Waals surface area (Å²) in [6.07, 6.45) is 1.95. The lowest BCUT2D eigenvalue weighted by atomic mass is 9.92.